The van der Waals surface area contributed by atoms with E-state index < -0.39 is 0 Å². The molecule has 0 N–H and O–H groups in total. The summed E-state index contributed by atoms with van der Waals surface area (Å²) >= 11 is 0. The maximum Gasteiger partial charge on any atom is 0.305 e. The number of esters is 1. The van der Waals surface area contributed by atoms with E-state index in [-0.39, 0.29) is 24.1 Å². The van der Waals surface area contributed by atoms with E-state index in [2.05, 4.69) is 0 Å². The van der Waals surface area contributed by atoms with Gasteiger partial charge in [-0.3, -0.25) is 9.59 Å². The second-order valence-corrected chi connectivity index (χ2v) is 5.33. The van der Waals surface area contributed by atoms with Crippen molar-refractivity contribution in [2.24, 2.45) is 5.92 Å². The normalized spacial score (nSPS) is 11.7. The predicted molar refractivity (Wildman–Crippen MR) is 85.7 cm³/mol. The molecule has 114 valence electrons. The Morgan fingerprint density at radius 1 is 0.909 bits per heavy atom. The molecule has 0 spiro atoms. The van der Waals surface area contributed by atoms with Crippen molar-refractivity contribution in [3.63, 3.8) is 0 Å². The summed E-state index contributed by atoms with van der Waals surface area (Å²) in [5.74, 6) is -0.269. The lowest BCUT2D eigenvalue weighted by Crippen LogP contribution is -2.16. The molecule has 0 aromatic heterocycles. The van der Waals surface area contributed by atoms with Gasteiger partial charge < -0.3 is 4.74 Å². The molecule has 0 aliphatic carbocycles. The number of methoxy groups -OCH3 is 1. The summed E-state index contributed by atoms with van der Waals surface area (Å²) in [5.41, 5.74) is 1.81. The molecular weight excluding hydrogens is 276 g/mol. The van der Waals surface area contributed by atoms with Gasteiger partial charge in [-0.15, -0.1) is 0 Å². The SMILES string of the molecule is COC(=O)C[C@H](CC(=O)c1ccccc1)Cc1ccccc1. The van der Waals surface area contributed by atoms with Crippen LogP contribution in [-0.2, 0) is 16.0 Å². The number of ketones is 1. The molecule has 0 heterocycles. The molecule has 2 aromatic carbocycles. The van der Waals surface area contributed by atoms with E-state index in [0.717, 1.165) is 5.56 Å². The van der Waals surface area contributed by atoms with Gasteiger partial charge >= 0.3 is 5.97 Å². The van der Waals surface area contributed by atoms with Crippen LogP contribution in [0.15, 0.2) is 60.7 Å². The van der Waals surface area contributed by atoms with Gasteiger partial charge in [0, 0.05) is 18.4 Å². The Labute approximate surface area is 130 Å². The highest BCUT2D eigenvalue weighted by atomic mass is 16.5. The van der Waals surface area contributed by atoms with Gasteiger partial charge in [-0.25, -0.2) is 0 Å². The maximum absolute atomic E-state index is 12.4. The Morgan fingerprint density at radius 2 is 1.50 bits per heavy atom. The van der Waals surface area contributed by atoms with E-state index in [1.54, 1.807) is 12.1 Å². The van der Waals surface area contributed by atoms with Crippen LogP contribution in [0.1, 0.15) is 28.8 Å². The summed E-state index contributed by atoms with van der Waals surface area (Å²) in [6.07, 6.45) is 1.28. The van der Waals surface area contributed by atoms with Gasteiger partial charge in [0.25, 0.3) is 0 Å². The van der Waals surface area contributed by atoms with Gasteiger partial charge in [-0.1, -0.05) is 60.7 Å². The molecule has 0 aliphatic rings. The van der Waals surface area contributed by atoms with E-state index in [4.69, 9.17) is 4.74 Å². The van der Waals surface area contributed by atoms with Crippen molar-refractivity contribution in [3.05, 3.63) is 71.8 Å². The van der Waals surface area contributed by atoms with Gasteiger partial charge in [0.15, 0.2) is 5.78 Å². The Morgan fingerprint density at radius 3 is 2.09 bits per heavy atom. The molecule has 22 heavy (non-hydrogen) atoms. The number of hydrogen-bond acceptors (Lipinski definition) is 3. The van der Waals surface area contributed by atoms with Gasteiger partial charge in [0.1, 0.15) is 0 Å². The number of benzene rings is 2. The van der Waals surface area contributed by atoms with Gasteiger partial charge in [0.05, 0.1) is 7.11 Å². The first-order chi connectivity index (χ1) is 10.7. The van der Waals surface area contributed by atoms with Crippen molar-refractivity contribution < 1.29 is 14.3 Å². The molecule has 0 radical (unpaired) electrons. The summed E-state index contributed by atoms with van der Waals surface area (Å²) in [5, 5.41) is 0. The summed E-state index contributed by atoms with van der Waals surface area (Å²) in [4.78, 5) is 24.0. The fourth-order valence-corrected chi connectivity index (χ4v) is 2.49. The van der Waals surface area contributed by atoms with E-state index in [9.17, 15) is 9.59 Å². The minimum absolute atomic E-state index is 0.0532. The molecule has 2 aromatic rings. The second kappa shape index (κ2) is 8.13. The highest BCUT2D eigenvalue weighted by molar-refractivity contribution is 5.96. The lowest BCUT2D eigenvalue weighted by atomic mass is 9.89. The monoisotopic (exact) mass is 296 g/mol. The van der Waals surface area contributed by atoms with Crippen molar-refractivity contribution in [3.8, 4) is 0 Å². The smallest absolute Gasteiger partial charge is 0.305 e. The standard InChI is InChI=1S/C19H20O3/c1-22-19(21)14-16(12-15-8-4-2-5-9-15)13-18(20)17-10-6-3-7-11-17/h2-11,16H,12-14H2,1H3/t16-/m0/s1. The number of Topliss-reactive ketones (excluding diaryl/α,β-unsaturated/α-hetero) is 1. The van der Waals surface area contributed by atoms with Crippen molar-refractivity contribution in [1.29, 1.82) is 0 Å². The number of carbonyl (C=O) groups is 2. The van der Waals surface area contributed by atoms with E-state index in [1.165, 1.54) is 7.11 Å². The third-order valence-corrected chi connectivity index (χ3v) is 3.62. The van der Waals surface area contributed by atoms with Crippen LogP contribution in [0.5, 0.6) is 0 Å². The van der Waals surface area contributed by atoms with Crippen LogP contribution in [0.4, 0.5) is 0 Å². The van der Waals surface area contributed by atoms with Crippen LogP contribution in [-0.4, -0.2) is 18.9 Å². The van der Waals surface area contributed by atoms with Crippen molar-refractivity contribution in [1.82, 2.24) is 0 Å². The highest BCUT2D eigenvalue weighted by Crippen LogP contribution is 2.19. The Hall–Kier alpha value is -2.42. The molecule has 0 bridgehead atoms. The quantitative estimate of drug-likeness (QED) is 0.578. The first-order valence-electron chi connectivity index (χ1n) is 7.38. The van der Waals surface area contributed by atoms with Gasteiger partial charge in [-0.2, -0.15) is 0 Å². The molecule has 2 rings (SSSR count). The van der Waals surface area contributed by atoms with Crippen LogP contribution in [0, 0.1) is 5.92 Å². The zero-order valence-electron chi connectivity index (χ0n) is 12.7. The lowest BCUT2D eigenvalue weighted by molar-refractivity contribution is -0.141. The van der Waals surface area contributed by atoms with Crippen molar-refractivity contribution in [2.45, 2.75) is 19.3 Å². The van der Waals surface area contributed by atoms with Crippen LogP contribution in [0.25, 0.3) is 0 Å². The zero-order valence-corrected chi connectivity index (χ0v) is 12.7. The predicted octanol–water partition coefficient (Wildman–Crippen LogP) is 3.68. The molecule has 0 unspecified atom stereocenters. The minimum atomic E-state index is -0.276. The van der Waals surface area contributed by atoms with Gasteiger partial charge in [-0.05, 0) is 17.9 Å². The van der Waals surface area contributed by atoms with Crippen LogP contribution >= 0.6 is 0 Å². The molecular formula is C19H20O3. The topological polar surface area (TPSA) is 43.4 Å². The number of rotatable bonds is 7. The summed E-state index contributed by atoms with van der Waals surface area (Å²) in [7, 11) is 1.38. The van der Waals surface area contributed by atoms with Crippen molar-refractivity contribution in [2.75, 3.05) is 7.11 Å². The number of hydrogen-bond donors (Lipinski definition) is 0. The third-order valence-electron chi connectivity index (χ3n) is 3.62. The maximum atomic E-state index is 12.4. The van der Waals surface area contributed by atoms with Gasteiger partial charge in [0.2, 0.25) is 0 Å². The number of ether oxygens (including phenoxy) is 1. The first kappa shape index (κ1) is 16.0. The fourth-order valence-electron chi connectivity index (χ4n) is 2.49. The third kappa shape index (κ3) is 4.85. The molecule has 3 nitrogen and oxygen atoms in total. The van der Waals surface area contributed by atoms with Crippen LogP contribution in [0.3, 0.4) is 0 Å². The Kier molecular flexibility index (Phi) is 5.90. The summed E-state index contributed by atoms with van der Waals surface area (Å²) in [6.45, 7) is 0. The highest BCUT2D eigenvalue weighted by Gasteiger charge is 2.19. The molecule has 0 amide bonds. The molecule has 0 aliphatic heterocycles. The van der Waals surface area contributed by atoms with E-state index >= 15 is 0 Å². The second-order valence-electron chi connectivity index (χ2n) is 5.33. The average Bonchev–Trinajstić information content (AvgIpc) is 2.56. The molecule has 0 saturated heterocycles. The number of carbonyl (C=O) groups excluding carboxylic acids is 2. The minimum Gasteiger partial charge on any atom is -0.469 e. The van der Waals surface area contributed by atoms with Crippen LogP contribution in [0.2, 0.25) is 0 Å². The Bertz CT molecular complexity index is 605. The summed E-state index contributed by atoms with van der Waals surface area (Å²) in [6, 6.07) is 19.1. The fraction of sp³-hybridized carbons (Fsp3) is 0.263. The molecule has 1 atom stereocenters. The van der Waals surface area contributed by atoms with Crippen molar-refractivity contribution >= 4 is 11.8 Å². The molecule has 0 fully saturated rings. The summed E-state index contributed by atoms with van der Waals surface area (Å²) < 4.78 is 4.76. The average molecular weight is 296 g/mol. The van der Waals surface area contributed by atoms with E-state index in [0.29, 0.717) is 18.4 Å². The Balaban J connectivity index is 2.07. The first-order valence-corrected chi connectivity index (χ1v) is 7.38. The largest absolute Gasteiger partial charge is 0.469 e. The molecule has 0 saturated carbocycles. The van der Waals surface area contributed by atoms with E-state index in [1.807, 2.05) is 48.5 Å². The molecule has 3 heteroatoms. The van der Waals surface area contributed by atoms with Crippen LogP contribution < -0.4 is 0 Å². The lowest BCUT2D eigenvalue weighted by Gasteiger charge is -2.15. The zero-order chi connectivity index (χ0) is 15.8.